The lowest BCUT2D eigenvalue weighted by Crippen LogP contribution is -2.42. The van der Waals surface area contributed by atoms with Crippen LogP contribution < -0.4 is 16.8 Å². The summed E-state index contributed by atoms with van der Waals surface area (Å²) in [4.78, 5) is 33.5. The lowest BCUT2D eigenvalue weighted by atomic mass is 10.2. The Labute approximate surface area is 113 Å². The number of urea groups is 1. The maximum Gasteiger partial charge on any atom is 0.340 e. The number of primary amides is 1. The number of nitrogens with one attached hydrogen (secondary N) is 1. The van der Waals surface area contributed by atoms with E-state index in [1.165, 1.54) is 25.1 Å². The number of carbonyl (C=O) groups excluding carboxylic acids is 3. The highest BCUT2D eigenvalue weighted by Crippen LogP contribution is 2.20. The van der Waals surface area contributed by atoms with Gasteiger partial charge >= 0.3 is 12.0 Å². The Kier molecular flexibility index (Phi) is 4.71. The smallest absolute Gasteiger partial charge is 0.340 e. The van der Waals surface area contributed by atoms with Crippen molar-refractivity contribution in [3.63, 3.8) is 0 Å². The van der Waals surface area contributed by atoms with Crippen LogP contribution in [0.2, 0.25) is 5.02 Å². The summed E-state index contributed by atoms with van der Waals surface area (Å²) in [5.74, 6) is -1.63. The highest BCUT2D eigenvalue weighted by molar-refractivity contribution is 6.33. The second kappa shape index (κ2) is 6.05. The number of hydrogen-bond acceptors (Lipinski definition) is 5. The SMILES string of the molecule is CC(OC(=O)c1ccc(N)cc1Cl)C(=O)NC(N)=O. The van der Waals surface area contributed by atoms with Gasteiger partial charge in [-0.2, -0.15) is 0 Å². The quantitative estimate of drug-likeness (QED) is 0.556. The van der Waals surface area contributed by atoms with E-state index in [-0.39, 0.29) is 10.6 Å². The van der Waals surface area contributed by atoms with E-state index in [4.69, 9.17) is 27.8 Å². The highest BCUT2D eigenvalue weighted by Gasteiger charge is 2.21. The Balaban J connectivity index is 2.74. The molecule has 0 aromatic heterocycles. The van der Waals surface area contributed by atoms with Crippen molar-refractivity contribution in [2.75, 3.05) is 5.73 Å². The molecule has 102 valence electrons. The zero-order valence-corrected chi connectivity index (χ0v) is 10.7. The number of nitrogen functional groups attached to an aromatic ring is 1. The standard InChI is InChI=1S/C11H12ClN3O4/c1-5(9(16)15-11(14)18)19-10(17)7-3-2-6(13)4-8(7)12/h2-5H,13H2,1H3,(H3,14,15,16,18). The van der Waals surface area contributed by atoms with E-state index < -0.39 is 24.0 Å². The Morgan fingerprint density at radius 1 is 1.37 bits per heavy atom. The van der Waals surface area contributed by atoms with Gasteiger partial charge in [-0.25, -0.2) is 9.59 Å². The van der Waals surface area contributed by atoms with Crippen LogP contribution in [0.15, 0.2) is 18.2 Å². The Morgan fingerprint density at radius 2 is 2.00 bits per heavy atom. The van der Waals surface area contributed by atoms with Gasteiger partial charge in [0.15, 0.2) is 6.10 Å². The summed E-state index contributed by atoms with van der Waals surface area (Å²) in [7, 11) is 0. The van der Waals surface area contributed by atoms with Gasteiger partial charge in [0.25, 0.3) is 5.91 Å². The molecule has 1 rings (SSSR count). The molecule has 5 N–H and O–H groups in total. The van der Waals surface area contributed by atoms with Crippen molar-refractivity contribution in [2.45, 2.75) is 13.0 Å². The average Bonchev–Trinajstić information content (AvgIpc) is 2.27. The number of carbonyl (C=O) groups is 3. The number of benzene rings is 1. The third kappa shape index (κ3) is 4.14. The van der Waals surface area contributed by atoms with E-state index in [1.807, 2.05) is 0 Å². The van der Waals surface area contributed by atoms with Crippen molar-refractivity contribution in [1.29, 1.82) is 0 Å². The maximum absolute atomic E-state index is 11.7. The van der Waals surface area contributed by atoms with E-state index in [0.717, 1.165) is 0 Å². The molecule has 1 atom stereocenters. The molecule has 0 bridgehead atoms. The topological polar surface area (TPSA) is 125 Å². The summed E-state index contributed by atoms with van der Waals surface area (Å²) >= 11 is 5.82. The number of imide groups is 1. The van der Waals surface area contributed by atoms with Crippen LogP contribution in [-0.2, 0) is 9.53 Å². The van der Waals surface area contributed by atoms with Gasteiger partial charge in [0.2, 0.25) is 0 Å². The van der Waals surface area contributed by atoms with Crippen LogP contribution in [0, 0.1) is 0 Å². The monoisotopic (exact) mass is 285 g/mol. The van der Waals surface area contributed by atoms with Crippen LogP contribution in [0.4, 0.5) is 10.5 Å². The molecule has 0 heterocycles. The van der Waals surface area contributed by atoms with Gasteiger partial charge in [0, 0.05) is 5.69 Å². The van der Waals surface area contributed by atoms with Crippen molar-refractivity contribution in [3.05, 3.63) is 28.8 Å². The first-order valence-electron chi connectivity index (χ1n) is 5.17. The van der Waals surface area contributed by atoms with Gasteiger partial charge in [-0.1, -0.05) is 11.6 Å². The van der Waals surface area contributed by atoms with Crippen LogP contribution in [0.3, 0.4) is 0 Å². The van der Waals surface area contributed by atoms with Crippen LogP contribution in [0.1, 0.15) is 17.3 Å². The third-order valence-electron chi connectivity index (χ3n) is 2.11. The van der Waals surface area contributed by atoms with E-state index in [1.54, 1.807) is 5.32 Å². The molecule has 3 amide bonds. The molecule has 19 heavy (non-hydrogen) atoms. The Morgan fingerprint density at radius 3 is 2.53 bits per heavy atom. The molecule has 7 nitrogen and oxygen atoms in total. The molecule has 1 aromatic carbocycles. The Hall–Kier alpha value is -2.28. The van der Waals surface area contributed by atoms with E-state index in [2.05, 4.69) is 0 Å². The normalized spacial score (nSPS) is 11.5. The molecule has 0 saturated carbocycles. The van der Waals surface area contributed by atoms with E-state index >= 15 is 0 Å². The number of anilines is 1. The van der Waals surface area contributed by atoms with Gasteiger partial charge in [0.1, 0.15) is 0 Å². The minimum absolute atomic E-state index is 0.0644. The predicted molar refractivity (Wildman–Crippen MR) is 68.5 cm³/mol. The molecule has 1 unspecified atom stereocenters. The number of esters is 1. The number of amides is 3. The molecule has 0 spiro atoms. The Bertz CT molecular complexity index is 533. The second-order valence-electron chi connectivity index (χ2n) is 3.64. The first-order chi connectivity index (χ1) is 8.81. The van der Waals surface area contributed by atoms with Gasteiger partial charge in [0.05, 0.1) is 10.6 Å². The fourth-order valence-corrected chi connectivity index (χ4v) is 1.46. The van der Waals surface area contributed by atoms with E-state index in [0.29, 0.717) is 5.69 Å². The second-order valence-corrected chi connectivity index (χ2v) is 4.05. The fourth-order valence-electron chi connectivity index (χ4n) is 1.20. The molecule has 0 saturated heterocycles. The summed E-state index contributed by atoms with van der Waals surface area (Å²) < 4.78 is 4.84. The molecule has 0 aliphatic carbocycles. The zero-order valence-electron chi connectivity index (χ0n) is 9.98. The van der Waals surface area contributed by atoms with Gasteiger partial charge < -0.3 is 16.2 Å². The largest absolute Gasteiger partial charge is 0.449 e. The highest BCUT2D eigenvalue weighted by atomic mass is 35.5. The summed E-state index contributed by atoms with van der Waals surface area (Å²) in [6.07, 6.45) is -1.19. The summed E-state index contributed by atoms with van der Waals surface area (Å²) in [6, 6.07) is 3.19. The number of nitrogens with two attached hydrogens (primary N) is 2. The molecule has 1 aromatic rings. The van der Waals surface area contributed by atoms with Crippen LogP contribution in [0.25, 0.3) is 0 Å². The fraction of sp³-hybridized carbons (Fsp3) is 0.182. The van der Waals surface area contributed by atoms with Crippen molar-refractivity contribution >= 4 is 35.2 Å². The molecular weight excluding hydrogens is 274 g/mol. The lowest BCUT2D eigenvalue weighted by Gasteiger charge is -2.12. The van der Waals surface area contributed by atoms with E-state index in [9.17, 15) is 14.4 Å². The number of rotatable bonds is 3. The summed E-state index contributed by atoms with van der Waals surface area (Å²) in [6.45, 7) is 1.29. The van der Waals surface area contributed by atoms with Crippen molar-refractivity contribution < 1.29 is 19.1 Å². The zero-order chi connectivity index (χ0) is 14.6. The number of hydrogen-bond donors (Lipinski definition) is 3. The molecule has 0 radical (unpaired) electrons. The predicted octanol–water partition coefficient (Wildman–Crippen LogP) is 0.662. The van der Waals surface area contributed by atoms with Crippen molar-refractivity contribution in [2.24, 2.45) is 5.73 Å². The van der Waals surface area contributed by atoms with Gasteiger partial charge in [-0.05, 0) is 25.1 Å². The van der Waals surface area contributed by atoms with Crippen molar-refractivity contribution in [1.82, 2.24) is 5.32 Å². The average molecular weight is 286 g/mol. The van der Waals surface area contributed by atoms with Gasteiger partial charge in [-0.15, -0.1) is 0 Å². The first-order valence-corrected chi connectivity index (χ1v) is 5.55. The maximum atomic E-state index is 11.7. The molecule has 8 heteroatoms. The minimum Gasteiger partial charge on any atom is -0.449 e. The molecule has 0 aliphatic heterocycles. The van der Waals surface area contributed by atoms with Gasteiger partial charge in [-0.3, -0.25) is 10.1 Å². The molecule has 0 aliphatic rings. The molecular formula is C11H12ClN3O4. The van der Waals surface area contributed by atoms with Crippen LogP contribution in [0.5, 0.6) is 0 Å². The van der Waals surface area contributed by atoms with Crippen molar-refractivity contribution in [3.8, 4) is 0 Å². The molecule has 0 fully saturated rings. The third-order valence-corrected chi connectivity index (χ3v) is 2.43. The van der Waals surface area contributed by atoms with Crippen LogP contribution >= 0.6 is 11.6 Å². The van der Waals surface area contributed by atoms with Crippen LogP contribution in [-0.4, -0.2) is 24.0 Å². The number of ether oxygens (including phenoxy) is 1. The summed E-state index contributed by atoms with van der Waals surface area (Å²) in [5.41, 5.74) is 10.7. The summed E-state index contributed by atoms with van der Waals surface area (Å²) in [5, 5.41) is 1.90. The minimum atomic E-state index is -1.19. The lowest BCUT2D eigenvalue weighted by molar-refractivity contribution is -0.127. The number of halogens is 1. The first kappa shape index (κ1) is 14.8.